The second kappa shape index (κ2) is 9.99. The molecule has 0 bridgehead atoms. The average Bonchev–Trinajstić information content (AvgIpc) is 3.57. The lowest BCUT2D eigenvalue weighted by Crippen LogP contribution is -2.36. The summed E-state index contributed by atoms with van der Waals surface area (Å²) >= 11 is 0. The minimum Gasteiger partial charge on any atom is -0.350 e. The van der Waals surface area contributed by atoms with Crippen LogP contribution in [0, 0.1) is 0 Å². The van der Waals surface area contributed by atoms with E-state index in [-0.39, 0.29) is 6.29 Å². The molecule has 1 aromatic heterocycles. The van der Waals surface area contributed by atoms with Gasteiger partial charge in [-0.2, -0.15) is 0 Å². The molecule has 0 atom stereocenters. The highest BCUT2D eigenvalue weighted by molar-refractivity contribution is 5.50. The van der Waals surface area contributed by atoms with Crippen molar-refractivity contribution in [1.29, 1.82) is 0 Å². The minimum absolute atomic E-state index is 0.110. The van der Waals surface area contributed by atoms with Crippen molar-refractivity contribution in [2.75, 3.05) is 13.2 Å². The van der Waals surface area contributed by atoms with Crippen LogP contribution in [0.3, 0.4) is 0 Å². The molecule has 0 saturated carbocycles. The number of hydrogen-bond donors (Lipinski definition) is 0. The van der Waals surface area contributed by atoms with E-state index in [2.05, 4.69) is 114 Å². The Bertz CT molecular complexity index is 1070. The zero-order valence-corrected chi connectivity index (χ0v) is 18.6. The van der Waals surface area contributed by atoms with Crippen molar-refractivity contribution >= 4 is 0 Å². The fourth-order valence-electron chi connectivity index (χ4n) is 4.59. The van der Waals surface area contributed by atoms with Gasteiger partial charge in [-0.05, 0) is 16.7 Å². The Labute approximate surface area is 195 Å². The van der Waals surface area contributed by atoms with Gasteiger partial charge in [0.15, 0.2) is 6.29 Å². The third kappa shape index (κ3) is 4.40. The predicted octanol–water partition coefficient (Wildman–Crippen LogP) is 5.59. The summed E-state index contributed by atoms with van der Waals surface area (Å²) < 4.78 is 13.3. The van der Waals surface area contributed by atoms with Crippen molar-refractivity contribution in [3.8, 4) is 0 Å². The fraction of sp³-hybridized carbons (Fsp3) is 0.207. The molecule has 166 valence electrons. The van der Waals surface area contributed by atoms with E-state index in [1.807, 2.05) is 6.33 Å². The lowest BCUT2D eigenvalue weighted by molar-refractivity contribution is -0.0380. The summed E-state index contributed by atoms with van der Waals surface area (Å²) in [6, 6.07) is 32.0. The van der Waals surface area contributed by atoms with Crippen LogP contribution < -0.4 is 0 Å². The maximum Gasteiger partial charge on any atom is 0.161 e. The van der Waals surface area contributed by atoms with Crippen LogP contribution in [0.5, 0.6) is 0 Å². The highest BCUT2D eigenvalue weighted by Crippen LogP contribution is 2.40. The zero-order valence-electron chi connectivity index (χ0n) is 18.6. The first kappa shape index (κ1) is 21.4. The quantitative estimate of drug-likeness (QED) is 0.267. The molecular formula is C29H28N2O2. The maximum atomic E-state index is 5.51. The molecule has 4 heteroatoms. The molecule has 1 aliphatic heterocycles. The van der Waals surface area contributed by atoms with Gasteiger partial charge >= 0.3 is 0 Å². The molecule has 5 rings (SSSR count). The van der Waals surface area contributed by atoms with E-state index < -0.39 is 5.54 Å². The van der Waals surface area contributed by atoms with Crippen LogP contribution in [0.1, 0.15) is 28.8 Å². The molecule has 0 unspecified atom stereocenters. The molecule has 33 heavy (non-hydrogen) atoms. The van der Waals surface area contributed by atoms with Gasteiger partial charge < -0.3 is 14.0 Å². The summed E-state index contributed by atoms with van der Waals surface area (Å²) in [5.41, 5.74) is 4.07. The highest BCUT2D eigenvalue weighted by atomic mass is 16.7. The monoisotopic (exact) mass is 436 g/mol. The van der Waals surface area contributed by atoms with Gasteiger partial charge in [0.05, 0.1) is 25.2 Å². The van der Waals surface area contributed by atoms with Crippen molar-refractivity contribution < 1.29 is 9.47 Å². The molecule has 0 radical (unpaired) electrons. The van der Waals surface area contributed by atoms with Crippen LogP contribution >= 0.6 is 0 Å². The summed E-state index contributed by atoms with van der Waals surface area (Å²) in [6.07, 6.45) is 9.80. The van der Waals surface area contributed by atoms with Crippen LogP contribution in [-0.4, -0.2) is 29.1 Å². The van der Waals surface area contributed by atoms with Crippen LogP contribution in [0.4, 0.5) is 0 Å². The number of imidazole rings is 1. The van der Waals surface area contributed by atoms with Gasteiger partial charge in [0.25, 0.3) is 0 Å². The highest BCUT2D eigenvalue weighted by Gasteiger charge is 2.38. The molecule has 3 aromatic carbocycles. The topological polar surface area (TPSA) is 36.3 Å². The molecule has 0 aliphatic carbocycles. The van der Waals surface area contributed by atoms with E-state index in [0.29, 0.717) is 13.2 Å². The molecule has 1 saturated heterocycles. The summed E-state index contributed by atoms with van der Waals surface area (Å²) in [6.45, 7) is 1.37. The third-order valence-electron chi connectivity index (χ3n) is 6.11. The number of allylic oxidation sites excluding steroid dienone is 1. The molecule has 2 heterocycles. The largest absolute Gasteiger partial charge is 0.350 e. The lowest BCUT2D eigenvalue weighted by Gasteiger charge is -2.37. The van der Waals surface area contributed by atoms with E-state index >= 15 is 0 Å². The number of hydrogen-bond acceptors (Lipinski definition) is 3. The van der Waals surface area contributed by atoms with Crippen molar-refractivity contribution in [3.63, 3.8) is 0 Å². The van der Waals surface area contributed by atoms with E-state index in [1.54, 1.807) is 0 Å². The van der Waals surface area contributed by atoms with Gasteiger partial charge in [-0.1, -0.05) is 103 Å². The number of nitrogens with zero attached hydrogens (tertiary/aromatic N) is 2. The molecule has 0 N–H and O–H groups in total. The minimum atomic E-state index is -0.524. The van der Waals surface area contributed by atoms with Gasteiger partial charge in [0.2, 0.25) is 0 Å². The second-order valence-electron chi connectivity index (χ2n) is 8.16. The molecule has 4 nitrogen and oxygen atoms in total. The van der Waals surface area contributed by atoms with Crippen LogP contribution in [-0.2, 0) is 21.4 Å². The summed E-state index contributed by atoms with van der Waals surface area (Å²) in [5.74, 6) is 0. The Morgan fingerprint density at radius 3 is 1.79 bits per heavy atom. The number of benzene rings is 3. The average molecular weight is 437 g/mol. The summed E-state index contributed by atoms with van der Waals surface area (Å²) in [5, 5.41) is 0. The van der Waals surface area contributed by atoms with E-state index in [1.165, 1.54) is 16.7 Å². The summed E-state index contributed by atoms with van der Waals surface area (Å²) in [7, 11) is 0. The fourth-order valence-corrected chi connectivity index (χ4v) is 4.59. The third-order valence-corrected chi connectivity index (χ3v) is 6.11. The molecule has 1 fully saturated rings. The second-order valence-corrected chi connectivity index (χ2v) is 8.16. The van der Waals surface area contributed by atoms with Crippen LogP contribution in [0.25, 0.3) is 0 Å². The summed E-state index contributed by atoms with van der Waals surface area (Å²) in [4.78, 5) is 4.78. The van der Waals surface area contributed by atoms with Crippen molar-refractivity contribution in [2.24, 2.45) is 0 Å². The normalized spacial score (nSPS) is 14.8. The number of ether oxygens (including phenoxy) is 2. The van der Waals surface area contributed by atoms with Gasteiger partial charge in [-0.15, -0.1) is 0 Å². The van der Waals surface area contributed by atoms with Gasteiger partial charge in [-0.25, -0.2) is 4.98 Å². The predicted molar refractivity (Wildman–Crippen MR) is 130 cm³/mol. The lowest BCUT2D eigenvalue weighted by atomic mass is 9.77. The first-order valence-electron chi connectivity index (χ1n) is 11.5. The van der Waals surface area contributed by atoms with E-state index in [9.17, 15) is 0 Å². The smallest absolute Gasteiger partial charge is 0.161 e. The molecular weight excluding hydrogens is 408 g/mol. The van der Waals surface area contributed by atoms with Crippen molar-refractivity contribution in [3.05, 3.63) is 138 Å². The van der Waals surface area contributed by atoms with Crippen molar-refractivity contribution in [1.82, 2.24) is 9.55 Å². The van der Waals surface area contributed by atoms with Crippen LogP contribution in [0.15, 0.2) is 116 Å². The first-order valence-corrected chi connectivity index (χ1v) is 11.5. The molecule has 1 aliphatic rings. The zero-order chi connectivity index (χ0) is 22.3. The Morgan fingerprint density at radius 2 is 1.27 bits per heavy atom. The van der Waals surface area contributed by atoms with Crippen molar-refractivity contribution in [2.45, 2.75) is 24.7 Å². The number of aromatic nitrogens is 2. The Hall–Kier alpha value is -3.47. The van der Waals surface area contributed by atoms with Gasteiger partial charge in [0.1, 0.15) is 5.54 Å². The standard InChI is InChI=1S/C29H28N2O2/c1-4-12-24(13-5-1)29(25-14-6-2-7-15-25,26-16-8-3-9-17-26)31-22-27(30-23-31)18-10-11-19-28-32-20-21-33-28/h1-17,22-23,28H,18-21H2/b11-10-. The molecule has 0 amide bonds. The Balaban J connectivity index is 1.55. The van der Waals surface area contributed by atoms with Crippen LogP contribution in [0.2, 0.25) is 0 Å². The SMILES string of the molecule is C(=C/CC1OCCO1)/Cc1cn(C(c2ccccc2)(c2ccccc2)c2ccccc2)cn1. The van der Waals surface area contributed by atoms with E-state index in [4.69, 9.17) is 14.5 Å². The number of rotatable bonds is 8. The Kier molecular flexibility index (Phi) is 6.47. The van der Waals surface area contributed by atoms with Gasteiger partial charge in [0, 0.05) is 19.0 Å². The molecule has 0 spiro atoms. The Morgan fingerprint density at radius 1 is 0.758 bits per heavy atom. The first-order chi connectivity index (χ1) is 16.4. The van der Waals surface area contributed by atoms with Gasteiger partial charge in [-0.3, -0.25) is 0 Å². The van der Waals surface area contributed by atoms with E-state index in [0.717, 1.165) is 18.5 Å². The maximum absolute atomic E-state index is 5.51. The molecule has 4 aromatic rings.